The summed E-state index contributed by atoms with van der Waals surface area (Å²) in [6.07, 6.45) is 3.58. The summed E-state index contributed by atoms with van der Waals surface area (Å²) < 4.78 is 13.2. The van der Waals surface area contributed by atoms with Gasteiger partial charge in [0.1, 0.15) is 12.1 Å². The van der Waals surface area contributed by atoms with Crippen LogP contribution in [0.5, 0.6) is 0 Å². The first-order chi connectivity index (χ1) is 11.0. The van der Waals surface area contributed by atoms with E-state index < -0.39 is 0 Å². The number of aryl methyl sites for hydroxylation is 1. The van der Waals surface area contributed by atoms with Gasteiger partial charge in [0.15, 0.2) is 0 Å². The van der Waals surface area contributed by atoms with Crippen molar-refractivity contribution in [3.05, 3.63) is 18.1 Å². The molecule has 0 N–H and O–H groups in total. The van der Waals surface area contributed by atoms with Gasteiger partial charge >= 0.3 is 0 Å². The molecule has 0 unspecified atom stereocenters. The molecule has 1 atom stereocenters. The summed E-state index contributed by atoms with van der Waals surface area (Å²) in [5, 5.41) is 4.34. The SMILES string of the molecule is CCCc1cc(N2C[C@H](COC)OC(C)(C)C2)n2ncnc2n1. The third kappa shape index (κ3) is 3.45. The lowest BCUT2D eigenvalue weighted by Crippen LogP contribution is -2.54. The lowest BCUT2D eigenvalue weighted by Gasteiger charge is -2.43. The molecule has 0 amide bonds. The molecular weight excluding hydrogens is 294 g/mol. The van der Waals surface area contributed by atoms with E-state index in [4.69, 9.17) is 9.47 Å². The van der Waals surface area contributed by atoms with E-state index in [0.717, 1.165) is 37.4 Å². The second kappa shape index (κ2) is 6.41. The van der Waals surface area contributed by atoms with Crippen molar-refractivity contribution in [2.75, 3.05) is 31.7 Å². The summed E-state index contributed by atoms with van der Waals surface area (Å²) in [7, 11) is 1.71. The zero-order chi connectivity index (χ0) is 16.4. The first-order valence-electron chi connectivity index (χ1n) is 8.14. The van der Waals surface area contributed by atoms with E-state index in [2.05, 4.69) is 46.8 Å². The van der Waals surface area contributed by atoms with Gasteiger partial charge in [-0.05, 0) is 20.3 Å². The zero-order valence-corrected chi connectivity index (χ0v) is 14.3. The number of hydrogen-bond acceptors (Lipinski definition) is 6. The van der Waals surface area contributed by atoms with Crippen LogP contribution in [-0.4, -0.2) is 58.1 Å². The molecule has 3 heterocycles. The number of anilines is 1. The van der Waals surface area contributed by atoms with Gasteiger partial charge in [-0.15, -0.1) is 0 Å². The van der Waals surface area contributed by atoms with E-state index >= 15 is 0 Å². The average Bonchev–Trinajstić information content (AvgIpc) is 2.93. The minimum absolute atomic E-state index is 0.0325. The van der Waals surface area contributed by atoms with Crippen molar-refractivity contribution < 1.29 is 9.47 Å². The third-order valence-electron chi connectivity index (χ3n) is 3.95. The molecule has 1 aliphatic rings. The van der Waals surface area contributed by atoms with Gasteiger partial charge in [-0.3, -0.25) is 0 Å². The van der Waals surface area contributed by atoms with Crippen molar-refractivity contribution in [2.45, 2.75) is 45.3 Å². The Morgan fingerprint density at radius 2 is 2.26 bits per heavy atom. The van der Waals surface area contributed by atoms with Crippen LogP contribution in [0.4, 0.5) is 5.82 Å². The molecule has 7 nitrogen and oxygen atoms in total. The molecule has 0 radical (unpaired) electrons. The van der Waals surface area contributed by atoms with Crippen molar-refractivity contribution >= 4 is 11.6 Å². The van der Waals surface area contributed by atoms with Gasteiger partial charge in [-0.2, -0.15) is 14.6 Å². The normalized spacial score (nSPS) is 21.0. The molecule has 0 saturated carbocycles. The number of ether oxygens (including phenoxy) is 2. The summed E-state index contributed by atoms with van der Waals surface area (Å²) in [4.78, 5) is 11.1. The molecule has 0 spiro atoms. The highest BCUT2D eigenvalue weighted by Crippen LogP contribution is 2.27. The second-order valence-electron chi connectivity index (χ2n) is 6.66. The average molecular weight is 319 g/mol. The summed E-state index contributed by atoms with van der Waals surface area (Å²) in [6.45, 7) is 8.50. The maximum Gasteiger partial charge on any atom is 0.254 e. The van der Waals surface area contributed by atoms with Gasteiger partial charge in [0, 0.05) is 32.0 Å². The molecule has 2 aromatic heterocycles. The maximum absolute atomic E-state index is 6.11. The smallest absolute Gasteiger partial charge is 0.254 e. The Balaban J connectivity index is 1.98. The minimum Gasteiger partial charge on any atom is -0.382 e. The summed E-state index contributed by atoms with van der Waals surface area (Å²) in [6, 6.07) is 2.12. The van der Waals surface area contributed by atoms with Crippen molar-refractivity contribution in [2.24, 2.45) is 0 Å². The Bertz CT molecular complexity index is 670. The van der Waals surface area contributed by atoms with Crippen LogP contribution < -0.4 is 4.90 Å². The summed E-state index contributed by atoms with van der Waals surface area (Å²) in [5.41, 5.74) is 0.804. The van der Waals surface area contributed by atoms with Gasteiger partial charge in [0.05, 0.1) is 18.3 Å². The molecule has 1 fully saturated rings. The molecule has 126 valence electrons. The van der Waals surface area contributed by atoms with Crippen molar-refractivity contribution in [3.63, 3.8) is 0 Å². The van der Waals surface area contributed by atoms with Crippen LogP contribution in [0.15, 0.2) is 12.4 Å². The zero-order valence-electron chi connectivity index (χ0n) is 14.3. The molecule has 3 rings (SSSR count). The van der Waals surface area contributed by atoms with Gasteiger partial charge in [0.25, 0.3) is 5.78 Å². The molecule has 23 heavy (non-hydrogen) atoms. The molecule has 1 aliphatic heterocycles. The fourth-order valence-corrected chi connectivity index (χ4v) is 3.20. The number of hydrogen-bond donors (Lipinski definition) is 0. The Labute approximate surface area is 136 Å². The molecule has 0 bridgehead atoms. The molecule has 1 saturated heterocycles. The monoisotopic (exact) mass is 319 g/mol. The van der Waals surface area contributed by atoms with Crippen LogP contribution in [0, 0.1) is 0 Å². The molecule has 2 aromatic rings. The number of methoxy groups -OCH3 is 1. The largest absolute Gasteiger partial charge is 0.382 e. The predicted molar refractivity (Wildman–Crippen MR) is 87.8 cm³/mol. The van der Waals surface area contributed by atoms with Crippen LogP contribution in [0.1, 0.15) is 32.9 Å². The summed E-state index contributed by atoms with van der Waals surface area (Å²) in [5.74, 6) is 1.67. The third-order valence-corrected chi connectivity index (χ3v) is 3.95. The lowest BCUT2D eigenvalue weighted by molar-refractivity contribution is -0.106. The number of aromatic nitrogens is 4. The first kappa shape index (κ1) is 16.1. The maximum atomic E-state index is 6.11. The fourth-order valence-electron chi connectivity index (χ4n) is 3.20. The quantitative estimate of drug-likeness (QED) is 0.836. The highest BCUT2D eigenvalue weighted by atomic mass is 16.5. The Morgan fingerprint density at radius 3 is 3.00 bits per heavy atom. The number of rotatable bonds is 5. The van der Waals surface area contributed by atoms with Gasteiger partial charge < -0.3 is 14.4 Å². The van der Waals surface area contributed by atoms with Crippen molar-refractivity contribution in [1.82, 2.24) is 19.6 Å². The molecule has 7 heteroatoms. The van der Waals surface area contributed by atoms with E-state index in [-0.39, 0.29) is 11.7 Å². The predicted octanol–water partition coefficient (Wildman–Crippen LogP) is 1.71. The van der Waals surface area contributed by atoms with Crippen molar-refractivity contribution in [3.8, 4) is 0 Å². The number of fused-ring (bicyclic) bond motifs is 1. The Morgan fingerprint density at radius 1 is 1.43 bits per heavy atom. The van der Waals surface area contributed by atoms with Gasteiger partial charge in [0.2, 0.25) is 0 Å². The van der Waals surface area contributed by atoms with Gasteiger partial charge in [-0.1, -0.05) is 13.3 Å². The standard InChI is InChI=1S/C16H25N5O2/c1-5-6-12-7-14(21-15(19-12)17-11-18-21)20-8-13(9-22-4)23-16(2,3)10-20/h7,11,13H,5-6,8-10H2,1-4H3/t13-/m1/s1. The highest BCUT2D eigenvalue weighted by molar-refractivity contribution is 5.48. The van der Waals surface area contributed by atoms with Crippen LogP contribution in [0.25, 0.3) is 5.78 Å². The number of morpholine rings is 1. The Kier molecular flexibility index (Phi) is 4.50. The molecule has 0 aliphatic carbocycles. The first-order valence-corrected chi connectivity index (χ1v) is 8.14. The minimum atomic E-state index is -0.247. The lowest BCUT2D eigenvalue weighted by atomic mass is 10.1. The summed E-state index contributed by atoms with van der Waals surface area (Å²) >= 11 is 0. The second-order valence-corrected chi connectivity index (χ2v) is 6.66. The fraction of sp³-hybridized carbons (Fsp3) is 0.688. The van der Waals surface area contributed by atoms with E-state index in [1.54, 1.807) is 13.4 Å². The van der Waals surface area contributed by atoms with Gasteiger partial charge in [-0.25, -0.2) is 4.98 Å². The van der Waals surface area contributed by atoms with Crippen molar-refractivity contribution in [1.29, 1.82) is 0 Å². The highest BCUT2D eigenvalue weighted by Gasteiger charge is 2.34. The van der Waals surface area contributed by atoms with E-state index in [1.165, 1.54) is 0 Å². The van der Waals surface area contributed by atoms with Crippen LogP contribution in [0.2, 0.25) is 0 Å². The number of nitrogens with zero attached hydrogens (tertiary/aromatic N) is 5. The Hall–Kier alpha value is -1.73. The van der Waals surface area contributed by atoms with Crippen LogP contribution >= 0.6 is 0 Å². The van der Waals surface area contributed by atoms with E-state index in [1.807, 2.05) is 4.52 Å². The van der Waals surface area contributed by atoms with Crippen LogP contribution in [0.3, 0.4) is 0 Å². The van der Waals surface area contributed by atoms with E-state index in [0.29, 0.717) is 12.4 Å². The topological polar surface area (TPSA) is 64.8 Å². The van der Waals surface area contributed by atoms with Crippen LogP contribution in [-0.2, 0) is 15.9 Å². The molecule has 0 aromatic carbocycles. The van der Waals surface area contributed by atoms with E-state index in [9.17, 15) is 0 Å². The molecular formula is C16H25N5O2.